The van der Waals surface area contributed by atoms with Crippen molar-refractivity contribution in [1.82, 2.24) is 9.97 Å². The lowest BCUT2D eigenvalue weighted by molar-refractivity contribution is 0.0702. The standard InChI is InChI=1S/C11H11N3O2S/c1-6-5-7(14-11(12-2)13-6)8-3-4-9(17-8)10(15)16/h3-5H,1-2H3,(H,15,16)(H,12,13,14). The summed E-state index contributed by atoms with van der Waals surface area (Å²) in [5.74, 6) is -0.383. The molecule has 5 nitrogen and oxygen atoms in total. The summed E-state index contributed by atoms with van der Waals surface area (Å²) >= 11 is 1.20. The second-order valence-electron chi connectivity index (χ2n) is 3.44. The molecule has 17 heavy (non-hydrogen) atoms. The number of carboxylic acid groups (broad SMARTS) is 1. The van der Waals surface area contributed by atoms with Gasteiger partial charge in [-0.25, -0.2) is 14.8 Å². The molecule has 0 saturated heterocycles. The maximum atomic E-state index is 10.8. The molecule has 2 rings (SSSR count). The first-order chi connectivity index (χ1) is 8.10. The van der Waals surface area contributed by atoms with Gasteiger partial charge < -0.3 is 10.4 Å². The third-order valence-corrected chi connectivity index (χ3v) is 3.24. The van der Waals surface area contributed by atoms with Crippen LogP contribution in [-0.2, 0) is 0 Å². The van der Waals surface area contributed by atoms with Crippen LogP contribution in [0.15, 0.2) is 18.2 Å². The first kappa shape index (κ1) is 11.5. The van der Waals surface area contributed by atoms with Crippen LogP contribution in [0.1, 0.15) is 15.4 Å². The van der Waals surface area contributed by atoms with Crippen molar-refractivity contribution in [2.75, 3.05) is 12.4 Å². The third-order valence-electron chi connectivity index (χ3n) is 2.15. The number of anilines is 1. The largest absolute Gasteiger partial charge is 0.477 e. The molecule has 0 saturated carbocycles. The monoisotopic (exact) mass is 249 g/mol. The number of carboxylic acids is 1. The lowest BCUT2D eigenvalue weighted by Gasteiger charge is -2.03. The van der Waals surface area contributed by atoms with Crippen molar-refractivity contribution in [2.45, 2.75) is 6.92 Å². The average Bonchev–Trinajstić information content (AvgIpc) is 2.77. The van der Waals surface area contributed by atoms with Gasteiger partial charge in [0.05, 0.1) is 10.6 Å². The molecule has 0 unspecified atom stereocenters. The van der Waals surface area contributed by atoms with Gasteiger partial charge >= 0.3 is 5.97 Å². The number of thiophene rings is 1. The van der Waals surface area contributed by atoms with Crippen molar-refractivity contribution in [3.8, 4) is 10.6 Å². The minimum absolute atomic E-state index is 0.308. The summed E-state index contributed by atoms with van der Waals surface area (Å²) in [4.78, 5) is 20.4. The highest BCUT2D eigenvalue weighted by atomic mass is 32.1. The number of nitrogens with zero attached hydrogens (tertiary/aromatic N) is 2. The van der Waals surface area contributed by atoms with Crippen molar-refractivity contribution in [1.29, 1.82) is 0 Å². The maximum absolute atomic E-state index is 10.8. The highest BCUT2D eigenvalue weighted by Crippen LogP contribution is 2.27. The predicted molar refractivity (Wildman–Crippen MR) is 66.6 cm³/mol. The van der Waals surface area contributed by atoms with Crippen LogP contribution < -0.4 is 5.32 Å². The molecule has 0 atom stereocenters. The van der Waals surface area contributed by atoms with Crippen LogP contribution in [0.25, 0.3) is 10.6 Å². The Bertz CT molecular complexity index is 566. The van der Waals surface area contributed by atoms with Gasteiger partial charge in [-0.15, -0.1) is 11.3 Å². The van der Waals surface area contributed by atoms with Gasteiger partial charge in [0.2, 0.25) is 5.95 Å². The number of rotatable bonds is 3. The number of carbonyl (C=O) groups is 1. The lowest BCUT2D eigenvalue weighted by Crippen LogP contribution is -1.98. The highest BCUT2D eigenvalue weighted by molar-refractivity contribution is 7.17. The Balaban J connectivity index is 2.44. The SMILES string of the molecule is CNc1nc(C)cc(-c2ccc(C(=O)O)s2)n1. The summed E-state index contributed by atoms with van der Waals surface area (Å²) in [6.45, 7) is 1.87. The third kappa shape index (κ3) is 2.42. The summed E-state index contributed by atoms with van der Waals surface area (Å²) in [6.07, 6.45) is 0. The van der Waals surface area contributed by atoms with E-state index >= 15 is 0 Å². The van der Waals surface area contributed by atoms with E-state index in [2.05, 4.69) is 15.3 Å². The number of aromatic nitrogens is 2. The average molecular weight is 249 g/mol. The molecule has 2 aromatic heterocycles. The molecular weight excluding hydrogens is 238 g/mol. The molecule has 0 aliphatic rings. The van der Waals surface area contributed by atoms with Crippen LogP contribution in [0.2, 0.25) is 0 Å². The van der Waals surface area contributed by atoms with Crippen LogP contribution in [0, 0.1) is 6.92 Å². The summed E-state index contributed by atoms with van der Waals surface area (Å²) < 4.78 is 0. The van der Waals surface area contributed by atoms with Crippen LogP contribution in [0.4, 0.5) is 5.95 Å². The van der Waals surface area contributed by atoms with Gasteiger partial charge in [-0.1, -0.05) is 0 Å². The minimum Gasteiger partial charge on any atom is -0.477 e. The van der Waals surface area contributed by atoms with Gasteiger partial charge in [-0.2, -0.15) is 0 Å². The molecule has 0 amide bonds. The Kier molecular flexibility index (Phi) is 3.06. The van der Waals surface area contributed by atoms with Crippen molar-refractivity contribution in [2.24, 2.45) is 0 Å². The van der Waals surface area contributed by atoms with Crippen LogP contribution in [-0.4, -0.2) is 28.1 Å². The Hall–Kier alpha value is -1.95. The lowest BCUT2D eigenvalue weighted by atomic mass is 10.3. The van der Waals surface area contributed by atoms with E-state index < -0.39 is 5.97 Å². The topological polar surface area (TPSA) is 75.1 Å². The number of aromatic carboxylic acids is 1. The van der Waals surface area contributed by atoms with Crippen LogP contribution in [0.3, 0.4) is 0 Å². The fourth-order valence-electron chi connectivity index (χ4n) is 1.40. The van der Waals surface area contributed by atoms with Gasteiger partial charge in [0.1, 0.15) is 4.88 Å². The van der Waals surface area contributed by atoms with E-state index in [9.17, 15) is 4.79 Å². The first-order valence-electron chi connectivity index (χ1n) is 4.97. The first-order valence-corrected chi connectivity index (χ1v) is 5.78. The highest BCUT2D eigenvalue weighted by Gasteiger charge is 2.10. The van der Waals surface area contributed by atoms with E-state index in [4.69, 9.17) is 5.11 Å². The smallest absolute Gasteiger partial charge is 0.345 e. The maximum Gasteiger partial charge on any atom is 0.345 e. The van der Waals surface area contributed by atoms with Crippen molar-refractivity contribution >= 4 is 23.3 Å². The second-order valence-corrected chi connectivity index (χ2v) is 4.52. The fourth-order valence-corrected chi connectivity index (χ4v) is 2.20. The van der Waals surface area contributed by atoms with Gasteiger partial charge in [0.25, 0.3) is 0 Å². The van der Waals surface area contributed by atoms with E-state index in [-0.39, 0.29) is 0 Å². The zero-order valence-electron chi connectivity index (χ0n) is 9.39. The summed E-state index contributed by atoms with van der Waals surface area (Å²) in [5.41, 5.74) is 1.57. The van der Waals surface area contributed by atoms with Gasteiger partial charge in [0, 0.05) is 12.7 Å². The molecule has 0 aromatic carbocycles. The molecule has 2 aromatic rings. The molecule has 0 aliphatic heterocycles. The van der Waals surface area contributed by atoms with E-state index in [1.54, 1.807) is 19.2 Å². The molecule has 88 valence electrons. The minimum atomic E-state index is -0.916. The van der Waals surface area contributed by atoms with Crippen molar-refractivity contribution in [3.05, 3.63) is 28.8 Å². The predicted octanol–water partition coefficient (Wildman–Crippen LogP) is 2.25. The molecule has 2 N–H and O–H groups in total. The summed E-state index contributed by atoms with van der Waals surface area (Å²) in [7, 11) is 1.75. The summed E-state index contributed by atoms with van der Waals surface area (Å²) in [5, 5.41) is 11.7. The Morgan fingerprint density at radius 2 is 2.18 bits per heavy atom. The normalized spacial score (nSPS) is 10.2. The summed E-state index contributed by atoms with van der Waals surface area (Å²) in [6, 6.07) is 5.17. The van der Waals surface area contributed by atoms with E-state index in [1.807, 2.05) is 13.0 Å². The van der Waals surface area contributed by atoms with Gasteiger partial charge in [0.15, 0.2) is 0 Å². The molecule has 2 heterocycles. The quantitative estimate of drug-likeness (QED) is 0.872. The van der Waals surface area contributed by atoms with Gasteiger partial charge in [-0.3, -0.25) is 0 Å². The van der Waals surface area contributed by atoms with Crippen molar-refractivity contribution in [3.63, 3.8) is 0 Å². The fraction of sp³-hybridized carbons (Fsp3) is 0.182. The van der Waals surface area contributed by atoms with Crippen molar-refractivity contribution < 1.29 is 9.90 Å². The molecule has 0 aliphatic carbocycles. The van der Waals surface area contributed by atoms with E-state index in [0.29, 0.717) is 10.8 Å². The molecule has 0 spiro atoms. The van der Waals surface area contributed by atoms with Gasteiger partial charge in [-0.05, 0) is 25.1 Å². The van der Waals surface area contributed by atoms with E-state index in [0.717, 1.165) is 16.3 Å². The molecule has 0 radical (unpaired) electrons. The Morgan fingerprint density at radius 3 is 2.76 bits per heavy atom. The number of nitrogens with one attached hydrogen (secondary N) is 1. The number of hydrogen-bond donors (Lipinski definition) is 2. The molecule has 0 bridgehead atoms. The number of hydrogen-bond acceptors (Lipinski definition) is 5. The molecule has 6 heteroatoms. The zero-order chi connectivity index (χ0) is 12.4. The Morgan fingerprint density at radius 1 is 1.41 bits per heavy atom. The Labute approximate surface area is 102 Å². The van der Waals surface area contributed by atoms with Crippen LogP contribution in [0.5, 0.6) is 0 Å². The number of aryl methyl sites for hydroxylation is 1. The van der Waals surface area contributed by atoms with E-state index in [1.165, 1.54) is 11.3 Å². The second kappa shape index (κ2) is 4.50. The molecule has 0 fully saturated rings. The molecular formula is C11H11N3O2S. The van der Waals surface area contributed by atoms with Crippen LogP contribution >= 0.6 is 11.3 Å². The zero-order valence-corrected chi connectivity index (χ0v) is 10.2.